The molecule has 0 spiro atoms. The minimum atomic E-state index is -0.509. The molecule has 0 aliphatic carbocycles. The summed E-state index contributed by atoms with van der Waals surface area (Å²) in [6.45, 7) is 0. The van der Waals surface area contributed by atoms with Crippen molar-refractivity contribution in [3.8, 4) is 0 Å². The van der Waals surface area contributed by atoms with Crippen molar-refractivity contribution in [2.45, 2.75) is 0 Å². The van der Waals surface area contributed by atoms with Gasteiger partial charge in [0.15, 0.2) is 17.2 Å². The molecule has 20 heavy (non-hydrogen) atoms. The van der Waals surface area contributed by atoms with E-state index in [0.717, 1.165) is 0 Å². The molecule has 100 valence electrons. The average molecular weight is 290 g/mol. The molecule has 3 rings (SSSR count). The Morgan fingerprint density at radius 1 is 1.20 bits per heavy atom. The molecule has 2 aromatic carbocycles. The van der Waals surface area contributed by atoms with Crippen molar-refractivity contribution in [2.24, 2.45) is 0 Å². The maximum atomic E-state index is 13.6. The normalized spacial score (nSPS) is 10.9. The minimum absolute atomic E-state index is 0.0409. The van der Waals surface area contributed by atoms with Crippen LogP contribution in [0.2, 0.25) is 5.02 Å². The SMILES string of the molecule is Nc1cc(Cl)ccc1C(=O)c1cc2cccc(F)c2o1. The first-order valence-electron chi connectivity index (χ1n) is 5.84. The van der Waals surface area contributed by atoms with Crippen LogP contribution in [0, 0.1) is 5.82 Å². The van der Waals surface area contributed by atoms with Crippen LogP contribution in [0.15, 0.2) is 46.9 Å². The van der Waals surface area contributed by atoms with Gasteiger partial charge in [-0.3, -0.25) is 4.79 Å². The monoisotopic (exact) mass is 289 g/mol. The third-order valence-electron chi connectivity index (χ3n) is 2.98. The van der Waals surface area contributed by atoms with Crippen LogP contribution in [-0.4, -0.2) is 5.78 Å². The Bertz CT molecular complexity index is 826. The number of nitrogens with two attached hydrogens (primary N) is 1. The summed E-state index contributed by atoms with van der Waals surface area (Å²) >= 11 is 5.79. The van der Waals surface area contributed by atoms with E-state index in [-0.39, 0.29) is 22.6 Å². The number of anilines is 1. The minimum Gasteiger partial charge on any atom is -0.449 e. The zero-order valence-electron chi connectivity index (χ0n) is 10.2. The lowest BCUT2D eigenvalue weighted by Crippen LogP contribution is -2.04. The predicted octanol–water partition coefficient (Wildman–Crippen LogP) is 4.04. The van der Waals surface area contributed by atoms with Gasteiger partial charge in [0.25, 0.3) is 0 Å². The summed E-state index contributed by atoms with van der Waals surface area (Å²) < 4.78 is 18.8. The Kier molecular flexibility index (Phi) is 2.95. The molecule has 0 atom stereocenters. The molecule has 1 heterocycles. The zero-order valence-corrected chi connectivity index (χ0v) is 10.9. The van der Waals surface area contributed by atoms with E-state index in [9.17, 15) is 9.18 Å². The fourth-order valence-electron chi connectivity index (χ4n) is 2.01. The Hall–Kier alpha value is -2.33. The van der Waals surface area contributed by atoms with Crippen molar-refractivity contribution in [3.05, 3.63) is 64.6 Å². The maximum absolute atomic E-state index is 13.6. The maximum Gasteiger partial charge on any atom is 0.230 e. The van der Waals surface area contributed by atoms with Gasteiger partial charge in [0.1, 0.15) is 0 Å². The first-order valence-corrected chi connectivity index (χ1v) is 6.22. The van der Waals surface area contributed by atoms with E-state index < -0.39 is 11.6 Å². The predicted molar refractivity (Wildman–Crippen MR) is 75.5 cm³/mol. The van der Waals surface area contributed by atoms with E-state index >= 15 is 0 Å². The number of para-hydroxylation sites is 1. The highest BCUT2D eigenvalue weighted by atomic mass is 35.5. The van der Waals surface area contributed by atoms with Crippen LogP contribution >= 0.6 is 11.6 Å². The van der Waals surface area contributed by atoms with Gasteiger partial charge < -0.3 is 10.2 Å². The van der Waals surface area contributed by atoms with Crippen molar-refractivity contribution >= 4 is 34.0 Å². The second kappa shape index (κ2) is 4.65. The second-order valence-electron chi connectivity index (χ2n) is 4.33. The highest BCUT2D eigenvalue weighted by Crippen LogP contribution is 2.26. The molecule has 0 bridgehead atoms. The number of carbonyl (C=O) groups is 1. The molecule has 0 aliphatic rings. The molecule has 0 aliphatic heterocycles. The fourth-order valence-corrected chi connectivity index (χ4v) is 2.19. The number of nitrogen functional groups attached to an aromatic ring is 1. The Morgan fingerprint density at radius 3 is 2.70 bits per heavy atom. The molecule has 0 unspecified atom stereocenters. The summed E-state index contributed by atoms with van der Waals surface area (Å²) in [5.41, 5.74) is 6.35. The molecule has 0 saturated carbocycles. The summed E-state index contributed by atoms with van der Waals surface area (Å²) in [4.78, 5) is 12.3. The quantitative estimate of drug-likeness (QED) is 0.572. The lowest BCUT2D eigenvalue weighted by molar-refractivity contribution is 0.101. The molecule has 0 saturated heterocycles. The zero-order chi connectivity index (χ0) is 14.3. The number of ketones is 1. The second-order valence-corrected chi connectivity index (χ2v) is 4.77. The van der Waals surface area contributed by atoms with E-state index in [1.165, 1.54) is 24.3 Å². The molecule has 3 aromatic rings. The highest BCUT2D eigenvalue weighted by Gasteiger charge is 2.18. The smallest absolute Gasteiger partial charge is 0.230 e. The number of halogens is 2. The van der Waals surface area contributed by atoms with E-state index in [1.807, 2.05) is 0 Å². The van der Waals surface area contributed by atoms with Gasteiger partial charge in [0, 0.05) is 21.7 Å². The van der Waals surface area contributed by atoms with Crippen LogP contribution in [0.5, 0.6) is 0 Å². The summed E-state index contributed by atoms with van der Waals surface area (Å²) in [5.74, 6) is -0.875. The van der Waals surface area contributed by atoms with Crippen LogP contribution in [0.4, 0.5) is 10.1 Å². The van der Waals surface area contributed by atoms with Crippen molar-refractivity contribution in [2.75, 3.05) is 5.73 Å². The third kappa shape index (κ3) is 2.04. The standard InChI is InChI=1S/C15H9ClFNO2/c16-9-4-5-10(12(18)7-9)14(19)13-6-8-2-1-3-11(17)15(8)20-13/h1-7H,18H2. The number of rotatable bonds is 2. The third-order valence-corrected chi connectivity index (χ3v) is 3.21. The largest absolute Gasteiger partial charge is 0.449 e. The number of hydrogen-bond acceptors (Lipinski definition) is 3. The van der Waals surface area contributed by atoms with Gasteiger partial charge >= 0.3 is 0 Å². The molecule has 5 heteroatoms. The number of hydrogen-bond donors (Lipinski definition) is 1. The molecule has 0 radical (unpaired) electrons. The Morgan fingerprint density at radius 2 is 2.00 bits per heavy atom. The van der Waals surface area contributed by atoms with Gasteiger partial charge in [-0.25, -0.2) is 4.39 Å². The summed E-state index contributed by atoms with van der Waals surface area (Å²) in [7, 11) is 0. The summed E-state index contributed by atoms with van der Waals surface area (Å²) in [6.07, 6.45) is 0. The first-order chi connectivity index (χ1) is 9.56. The molecule has 1 aromatic heterocycles. The topological polar surface area (TPSA) is 56.2 Å². The fraction of sp³-hybridized carbons (Fsp3) is 0. The van der Waals surface area contributed by atoms with Gasteiger partial charge in [0.2, 0.25) is 5.78 Å². The van der Waals surface area contributed by atoms with E-state index in [0.29, 0.717) is 10.4 Å². The van der Waals surface area contributed by atoms with E-state index in [1.54, 1.807) is 18.2 Å². The van der Waals surface area contributed by atoms with Crippen LogP contribution in [0.25, 0.3) is 11.0 Å². The van der Waals surface area contributed by atoms with E-state index in [2.05, 4.69) is 0 Å². The molecule has 0 fully saturated rings. The Labute approximate surface area is 118 Å². The van der Waals surface area contributed by atoms with Gasteiger partial charge in [-0.1, -0.05) is 23.7 Å². The van der Waals surface area contributed by atoms with Crippen LogP contribution in [0.1, 0.15) is 16.1 Å². The van der Waals surface area contributed by atoms with Gasteiger partial charge in [0.05, 0.1) is 0 Å². The van der Waals surface area contributed by atoms with E-state index in [4.69, 9.17) is 21.8 Å². The highest BCUT2D eigenvalue weighted by molar-refractivity contribution is 6.31. The number of benzene rings is 2. The molecular formula is C15H9ClFNO2. The lowest BCUT2D eigenvalue weighted by atomic mass is 10.1. The van der Waals surface area contributed by atoms with Gasteiger partial charge in [-0.15, -0.1) is 0 Å². The molecular weight excluding hydrogens is 281 g/mol. The van der Waals surface area contributed by atoms with Crippen LogP contribution in [-0.2, 0) is 0 Å². The van der Waals surface area contributed by atoms with Crippen molar-refractivity contribution < 1.29 is 13.6 Å². The number of carbonyl (C=O) groups excluding carboxylic acids is 1. The van der Waals surface area contributed by atoms with Crippen LogP contribution in [0.3, 0.4) is 0 Å². The Balaban J connectivity index is 2.10. The summed E-state index contributed by atoms with van der Waals surface area (Å²) in [5, 5.41) is 0.968. The first kappa shape index (κ1) is 12.7. The van der Waals surface area contributed by atoms with Crippen molar-refractivity contribution in [1.29, 1.82) is 0 Å². The van der Waals surface area contributed by atoms with Gasteiger partial charge in [-0.05, 0) is 30.3 Å². The molecule has 3 nitrogen and oxygen atoms in total. The number of fused-ring (bicyclic) bond motifs is 1. The molecule has 2 N–H and O–H groups in total. The molecule has 0 amide bonds. The average Bonchev–Trinajstić information content (AvgIpc) is 2.83. The van der Waals surface area contributed by atoms with Crippen molar-refractivity contribution in [3.63, 3.8) is 0 Å². The lowest BCUT2D eigenvalue weighted by Gasteiger charge is -2.02. The van der Waals surface area contributed by atoms with Crippen LogP contribution < -0.4 is 5.73 Å². The van der Waals surface area contributed by atoms with Gasteiger partial charge in [-0.2, -0.15) is 0 Å². The summed E-state index contributed by atoms with van der Waals surface area (Å²) in [6, 6.07) is 10.6. The number of furan rings is 1. The van der Waals surface area contributed by atoms with Crippen molar-refractivity contribution in [1.82, 2.24) is 0 Å².